The van der Waals surface area contributed by atoms with E-state index in [1.165, 1.54) is 25.1 Å². The third-order valence-electron chi connectivity index (χ3n) is 3.87. The quantitative estimate of drug-likeness (QED) is 0.873. The summed E-state index contributed by atoms with van der Waals surface area (Å²) in [5.74, 6) is -0.327. The number of hydrogen-bond donors (Lipinski definition) is 2. The van der Waals surface area contributed by atoms with Gasteiger partial charge in [0.2, 0.25) is 17.7 Å². The highest BCUT2D eigenvalue weighted by Crippen LogP contribution is 2.39. The first-order valence-electron chi connectivity index (χ1n) is 7.80. The molecule has 1 aliphatic heterocycles. The van der Waals surface area contributed by atoms with Gasteiger partial charge in [-0.2, -0.15) is 18.2 Å². The fourth-order valence-corrected chi connectivity index (χ4v) is 2.65. The van der Waals surface area contributed by atoms with Crippen molar-refractivity contribution in [2.75, 3.05) is 18.0 Å². The number of pyridine rings is 1. The number of carbonyl (C=O) groups is 1. The molecule has 6 nitrogen and oxygen atoms in total. The Balaban J connectivity index is 1.92. The van der Waals surface area contributed by atoms with Gasteiger partial charge in [-0.3, -0.25) is 4.79 Å². The van der Waals surface area contributed by atoms with Gasteiger partial charge in [-0.1, -0.05) is 0 Å². The summed E-state index contributed by atoms with van der Waals surface area (Å²) in [5, 5.41) is 12.2. The second-order valence-corrected chi connectivity index (χ2v) is 5.83. The monoisotopic (exact) mass is 367 g/mol. The molecule has 0 saturated heterocycles. The topological polar surface area (TPSA) is 74.7 Å². The van der Waals surface area contributed by atoms with Crippen molar-refractivity contribution < 1.29 is 27.8 Å². The van der Waals surface area contributed by atoms with Gasteiger partial charge in [0.05, 0.1) is 18.7 Å². The molecule has 0 fully saturated rings. The van der Waals surface area contributed by atoms with E-state index in [1.54, 1.807) is 11.0 Å². The van der Waals surface area contributed by atoms with Crippen LogP contribution in [0.5, 0.6) is 11.8 Å². The summed E-state index contributed by atoms with van der Waals surface area (Å²) in [4.78, 5) is 16.8. The summed E-state index contributed by atoms with van der Waals surface area (Å²) in [6, 6.07) is 7.67. The molecule has 0 radical (unpaired) electrons. The molecule has 1 aromatic heterocycles. The summed E-state index contributed by atoms with van der Waals surface area (Å²) in [6.45, 7) is 1.86. The number of aromatic hydroxyl groups is 1. The van der Waals surface area contributed by atoms with Gasteiger partial charge in [0.15, 0.2) is 0 Å². The van der Waals surface area contributed by atoms with Gasteiger partial charge in [0.1, 0.15) is 11.8 Å². The van der Waals surface area contributed by atoms with Crippen LogP contribution in [0, 0.1) is 0 Å². The van der Waals surface area contributed by atoms with Crippen LogP contribution in [0.25, 0.3) is 0 Å². The van der Waals surface area contributed by atoms with Gasteiger partial charge in [-0.05, 0) is 30.3 Å². The highest BCUT2D eigenvalue weighted by molar-refractivity contribution is 5.73. The van der Waals surface area contributed by atoms with E-state index in [1.807, 2.05) is 0 Å². The van der Waals surface area contributed by atoms with Crippen LogP contribution in [0.2, 0.25) is 0 Å². The Kier molecular flexibility index (Phi) is 4.62. The predicted octanol–water partition coefficient (Wildman–Crippen LogP) is 2.84. The summed E-state index contributed by atoms with van der Waals surface area (Å²) in [7, 11) is 0. The Morgan fingerprint density at radius 3 is 2.62 bits per heavy atom. The van der Waals surface area contributed by atoms with Crippen molar-refractivity contribution >= 4 is 17.3 Å². The van der Waals surface area contributed by atoms with Crippen molar-refractivity contribution in [1.29, 1.82) is 0 Å². The van der Waals surface area contributed by atoms with Crippen LogP contribution in [0.1, 0.15) is 12.5 Å². The molecule has 0 aliphatic carbocycles. The predicted molar refractivity (Wildman–Crippen MR) is 87.5 cm³/mol. The van der Waals surface area contributed by atoms with Crippen LogP contribution in [-0.4, -0.2) is 35.2 Å². The number of carbonyl (C=O) groups excluding carboxylic acids is 1. The molecule has 0 bridgehead atoms. The lowest BCUT2D eigenvalue weighted by molar-refractivity contribution is -0.137. The lowest BCUT2D eigenvalue weighted by Crippen LogP contribution is -2.44. The standard InChI is InChI=1S/C17H16F3N3O3/c1-10(24)21-8-13-9-23(14-6-7-15(25)22-16(14)26-13)12-4-2-11(3-5-12)17(18,19)20/h2-7,13H,8-9H2,1H3,(H,21,24)(H,22,25). The molecule has 1 unspecified atom stereocenters. The first-order valence-corrected chi connectivity index (χ1v) is 7.80. The Morgan fingerprint density at radius 1 is 1.31 bits per heavy atom. The minimum Gasteiger partial charge on any atom is -0.493 e. The highest BCUT2D eigenvalue weighted by Gasteiger charge is 2.32. The Hall–Kier alpha value is -2.97. The lowest BCUT2D eigenvalue weighted by atomic mass is 10.1. The van der Waals surface area contributed by atoms with Gasteiger partial charge in [-0.25, -0.2) is 0 Å². The minimum absolute atomic E-state index is 0.145. The van der Waals surface area contributed by atoms with Crippen molar-refractivity contribution in [2.45, 2.75) is 19.2 Å². The summed E-state index contributed by atoms with van der Waals surface area (Å²) < 4.78 is 44.0. The average molecular weight is 367 g/mol. The molecule has 2 heterocycles. The summed E-state index contributed by atoms with van der Waals surface area (Å²) >= 11 is 0. The molecular weight excluding hydrogens is 351 g/mol. The first-order chi connectivity index (χ1) is 12.2. The minimum atomic E-state index is -4.41. The number of nitrogens with one attached hydrogen (secondary N) is 1. The second-order valence-electron chi connectivity index (χ2n) is 5.83. The van der Waals surface area contributed by atoms with E-state index in [9.17, 15) is 23.1 Å². The molecule has 1 aromatic carbocycles. The SMILES string of the molecule is CC(=O)NCC1CN(c2ccc(C(F)(F)F)cc2)c2ccc(O)nc2O1. The molecular formula is C17H16F3N3O3. The smallest absolute Gasteiger partial charge is 0.416 e. The summed E-state index contributed by atoms with van der Waals surface area (Å²) in [6.07, 6.45) is -4.90. The molecule has 1 atom stereocenters. The van der Waals surface area contributed by atoms with E-state index in [4.69, 9.17) is 4.74 Å². The van der Waals surface area contributed by atoms with E-state index < -0.39 is 17.8 Å². The van der Waals surface area contributed by atoms with Gasteiger partial charge in [-0.15, -0.1) is 0 Å². The maximum atomic E-state index is 12.8. The van der Waals surface area contributed by atoms with Crippen LogP contribution in [-0.2, 0) is 11.0 Å². The molecule has 3 rings (SSSR count). The van der Waals surface area contributed by atoms with Crippen molar-refractivity contribution in [1.82, 2.24) is 10.3 Å². The number of amides is 1. The molecule has 0 saturated carbocycles. The number of nitrogens with zero attached hydrogens (tertiary/aromatic N) is 2. The maximum Gasteiger partial charge on any atom is 0.416 e. The zero-order valence-electron chi connectivity index (χ0n) is 13.7. The number of rotatable bonds is 3. The van der Waals surface area contributed by atoms with E-state index in [2.05, 4.69) is 10.3 Å². The molecule has 0 spiro atoms. The third kappa shape index (κ3) is 3.81. The number of aromatic nitrogens is 1. The number of halogens is 3. The van der Waals surface area contributed by atoms with Crippen molar-refractivity contribution in [3.63, 3.8) is 0 Å². The number of anilines is 2. The second kappa shape index (κ2) is 6.74. The van der Waals surface area contributed by atoms with Crippen molar-refractivity contribution in [2.24, 2.45) is 0 Å². The molecule has 26 heavy (non-hydrogen) atoms. The van der Waals surface area contributed by atoms with Crippen molar-refractivity contribution in [3.05, 3.63) is 42.0 Å². The summed E-state index contributed by atoms with van der Waals surface area (Å²) in [5.41, 5.74) is 0.290. The number of ether oxygens (including phenoxy) is 1. The Bertz CT molecular complexity index is 809. The van der Waals surface area contributed by atoms with Gasteiger partial charge in [0.25, 0.3) is 0 Å². The number of benzene rings is 1. The van der Waals surface area contributed by atoms with E-state index >= 15 is 0 Å². The fourth-order valence-electron chi connectivity index (χ4n) is 2.65. The molecule has 1 amide bonds. The largest absolute Gasteiger partial charge is 0.493 e. The zero-order valence-corrected chi connectivity index (χ0v) is 13.7. The van der Waals surface area contributed by atoms with Gasteiger partial charge < -0.3 is 20.1 Å². The van der Waals surface area contributed by atoms with Gasteiger partial charge >= 0.3 is 6.18 Å². The zero-order chi connectivity index (χ0) is 18.9. The first kappa shape index (κ1) is 17.8. The van der Waals surface area contributed by atoms with E-state index in [-0.39, 0.29) is 24.2 Å². The molecule has 138 valence electrons. The van der Waals surface area contributed by atoms with Crippen LogP contribution < -0.4 is 15.0 Å². The Labute approximate surface area is 147 Å². The molecule has 9 heteroatoms. The van der Waals surface area contributed by atoms with Crippen LogP contribution in [0.4, 0.5) is 24.5 Å². The van der Waals surface area contributed by atoms with E-state index in [0.717, 1.165) is 12.1 Å². The lowest BCUT2D eigenvalue weighted by Gasteiger charge is -2.35. The van der Waals surface area contributed by atoms with Crippen LogP contribution in [0.3, 0.4) is 0 Å². The number of alkyl halides is 3. The number of fused-ring (bicyclic) bond motifs is 1. The van der Waals surface area contributed by atoms with Crippen LogP contribution >= 0.6 is 0 Å². The van der Waals surface area contributed by atoms with Gasteiger partial charge in [0, 0.05) is 18.7 Å². The Morgan fingerprint density at radius 2 is 2.00 bits per heavy atom. The molecule has 2 aromatic rings. The maximum absolute atomic E-state index is 12.8. The van der Waals surface area contributed by atoms with Crippen molar-refractivity contribution in [3.8, 4) is 11.8 Å². The highest BCUT2D eigenvalue weighted by atomic mass is 19.4. The third-order valence-corrected chi connectivity index (χ3v) is 3.87. The number of hydrogen-bond acceptors (Lipinski definition) is 5. The average Bonchev–Trinajstić information content (AvgIpc) is 2.58. The fraction of sp³-hybridized carbons (Fsp3) is 0.294. The van der Waals surface area contributed by atoms with Crippen LogP contribution in [0.15, 0.2) is 36.4 Å². The normalized spacial score (nSPS) is 16.6. The molecule has 2 N–H and O–H groups in total. The molecule has 1 aliphatic rings. The van der Waals surface area contributed by atoms with E-state index in [0.29, 0.717) is 17.9 Å².